The van der Waals surface area contributed by atoms with Crippen LogP contribution in [0.1, 0.15) is 40.9 Å². The van der Waals surface area contributed by atoms with Crippen molar-refractivity contribution in [3.63, 3.8) is 0 Å². The smallest absolute Gasteiger partial charge is 0.349 e. The molecule has 2 aromatic heterocycles. The third kappa shape index (κ3) is 4.98. The monoisotopic (exact) mass is 383 g/mol. The Hall–Kier alpha value is -3.60. The van der Waals surface area contributed by atoms with Crippen LogP contribution in [0.25, 0.3) is 6.08 Å². The summed E-state index contributed by atoms with van der Waals surface area (Å²) in [5.74, 6) is -2.55. The van der Waals surface area contributed by atoms with Gasteiger partial charge in [0.25, 0.3) is 11.8 Å². The maximum absolute atomic E-state index is 12.1. The Morgan fingerprint density at radius 1 is 1.36 bits per heavy atom. The minimum Gasteiger partial charge on any atom is -0.459 e. The van der Waals surface area contributed by atoms with E-state index in [0.717, 1.165) is 29.9 Å². The van der Waals surface area contributed by atoms with Crippen molar-refractivity contribution in [2.45, 2.75) is 33.7 Å². The highest BCUT2D eigenvalue weighted by Gasteiger charge is 2.17. The van der Waals surface area contributed by atoms with E-state index < -0.39 is 24.4 Å². The summed E-state index contributed by atoms with van der Waals surface area (Å²) in [7, 11) is 0. The molecule has 0 aliphatic carbocycles. The van der Waals surface area contributed by atoms with Gasteiger partial charge in [-0.3, -0.25) is 14.9 Å². The molecule has 0 aliphatic heterocycles. The molecule has 146 valence electrons. The third-order valence-electron chi connectivity index (χ3n) is 4.03. The van der Waals surface area contributed by atoms with Crippen LogP contribution < -0.4 is 5.32 Å². The van der Waals surface area contributed by atoms with Crippen molar-refractivity contribution in [3.05, 3.63) is 52.7 Å². The van der Waals surface area contributed by atoms with E-state index in [9.17, 15) is 19.6 Å². The highest BCUT2D eigenvalue weighted by atomic mass is 16.5. The Labute approximate surface area is 162 Å². The maximum Gasteiger partial charge on any atom is 0.349 e. The van der Waals surface area contributed by atoms with Crippen LogP contribution in [0.5, 0.6) is 0 Å². The first kappa shape index (κ1) is 20.7. The number of nitrogens with zero attached hydrogens (tertiary/aromatic N) is 2. The summed E-state index contributed by atoms with van der Waals surface area (Å²) in [5, 5.41) is 11.3. The molecule has 0 unspecified atom stereocenters. The highest BCUT2D eigenvalue weighted by molar-refractivity contribution is 6.04. The molecule has 0 aromatic carbocycles. The van der Waals surface area contributed by atoms with E-state index in [1.54, 1.807) is 6.07 Å². The molecule has 0 atom stereocenters. The molecule has 2 amide bonds. The van der Waals surface area contributed by atoms with Gasteiger partial charge in [-0.1, -0.05) is 6.92 Å². The largest absolute Gasteiger partial charge is 0.459 e. The molecule has 0 bridgehead atoms. The Morgan fingerprint density at radius 2 is 2.11 bits per heavy atom. The number of aromatic nitrogens is 1. The van der Waals surface area contributed by atoms with E-state index >= 15 is 0 Å². The number of imide groups is 1. The van der Waals surface area contributed by atoms with Crippen molar-refractivity contribution in [2.75, 3.05) is 6.61 Å². The van der Waals surface area contributed by atoms with Gasteiger partial charge in [-0.2, -0.15) is 5.26 Å². The van der Waals surface area contributed by atoms with Gasteiger partial charge in [0, 0.05) is 17.9 Å². The lowest BCUT2D eigenvalue weighted by atomic mass is 10.1. The fourth-order valence-corrected chi connectivity index (χ4v) is 2.67. The summed E-state index contributed by atoms with van der Waals surface area (Å²) in [5.41, 5.74) is 2.45. The lowest BCUT2D eigenvalue weighted by Gasteiger charge is -2.07. The van der Waals surface area contributed by atoms with E-state index in [-0.39, 0.29) is 11.3 Å². The molecule has 0 spiro atoms. The van der Waals surface area contributed by atoms with E-state index in [1.807, 2.05) is 25.2 Å². The van der Waals surface area contributed by atoms with Crippen LogP contribution in [-0.4, -0.2) is 29.0 Å². The fourth-order valence-electron chi connectivity index (χ4n) is 2.67. The van der Waals surface area contributed by atoms with Gasteiger partial charge in [0.15, 0.2) is 12.4 Å². The maximum atomic E-state index is 12.1. The van der Waals surface area contributed by atoms with Gasteiger partial charge in [0.2, 0.25) is 0 Å². The van der Waals surface area contributed by atoms with Crippen LogP contribution in [0.4, 0.5) is 0 Å². The van der Waals surface area contributed by atoms with Crippen molar-refractivity contribution in [3.8, 4) is 6.07 Å². The molecule has 0 saturated heterocycles. The molecule has 8 nitrogen and oxygen atoms in total. The van der Waals surface area contributed by atoms with Crippen LogP contribution in [0, 0.1) is 25.2 Å². The average Bonchev–Trinajstić information content (AvgIpc) is 3.29. The summed E-state index contributed by atoms with van der Waals surface area (Å²) in [6.07, 6.45) is 3.68. The van der Waals surface area contributed by atoms with E-state index in [4.69, 9.17) is 9.15 Å². The lowest BCUT2D eigenvalue weighted by Crippen LogP contribution is -2.34. The lowest BCUT2D eigenvalue weighted by molar-refractivity contribution is -0.144. The first-order valence-corrected chi connectivity index (χ1v) is 8.70. The molecule has 0 radical (unpaired) electrons. The Balaban J connectivity index is 2.01. The van der Waals surface area contributed by atoms with Crippen LogP contribution in [-0.2, 0) is 20.9 Å². The van der Waals surface area contributed by atoms with Crippen LogP contribution in [0.2, 0.25) is 0 Å². The Kier molecular flexibility index (Phi) is 6.93. The number of esters is 1. The normalized spacial score (nSPS) is 11.0. The number of carbonyl (C=O) groups excluding carboxylic acids is 3. The predicted molar refractivity (Wildman–Crippen MR) is 99.9 cm³/mol. The Bertz CT molecular complexity index is 945. The van der Waals surface area contributed by atoms with Crippen LogP contribution >= 0.6 is 0 Å². The van der Waals surface area contributed by atoms with Crippen molar-refractivity contribution in [1.29, 1.82) is 5.26 Å². The first-order chi connectivity index (χ1) is 13.4. The molecule has 8 heteroatoms. The number of nitrogens with one attached hydrogen (secondary N) is 1. The predicted octanol–water partition coefficient (Wildman–Crippen LogP) is 2.51. The number of hydrogen-bond donors (Lipinski definition) is 1. The minimum absolute atomic E-state index is 0.0419. The van der Waals surface area contributed by atoms with E-state index in [0.29, 0.717) is 0 Å². The van der Waals surface area contributed by atoms with Crippen molar-refractivity contribution < 1.29 is 23.5 Å². The number of rotatable bonds is 7. The summed E-state index contributed by atoms with van der Waals surface area (Å²) in [4.78, 5) is 35.5. The topological polar surface area (TPSA) is 114 Å². The zero-order valence-electron chi connectivity index (χ0n) is 15.9. The molecular formula is C20H21N3O5. The second-order valence-corrected chi connectivity index (χ2v) is 6.08. The molecule has 2 heterocycles. The number of carbonyl (C=O) groups is 3. The van der Waals surface area contributed by atoms with Gasteiger partial charge in [0.05, 0.1) is 6.26 Å². The number of ether oxygens (including phenoxy) is 1. The summed E-state index contributed by atoms with van der Waals surface area (Å²) in [6, 6.07) is 6.56. The molecule has 28 heavy (non-hydrogen) atoms. The van der Waals surface area contributed by atoms with Crippen LogP contribution in [0.3, 0.4) is 0 Å². The second-order valence-electron chi connectivity index (χ2n) is 6.08. The van der Waals surface area contributed by atoms with Gasteiger partial charge < -0.3 is 13.7 Å². The van der Waals surface area contributed by atoms with Crippen LogP contribution in [0.15, 0.2) is 34.5 Å². The first-order valence-electron chi connectivity index (χ1n) is 8.70. The molecular weight excluding hydrogens is 362 g/mol. The molecule has 0 aliphatic rings. The van der Waals surface area contributed by atoms with E-state index in [1.165, 1.54) is 24.5 Å². The highest BCUT2D eigenvalue weighted by Crippen LogP contribution is 2.19. The second kappa shape index (κ2) is 9.37. The van der Waals surface area contributed by atoms with Gasteiger partial charge in [-0.05, 0) is 50.1 Å². The molecule has 0 fully saturated rings. The van der Waals surface area contributed by atoms with E-state index in [2.05, 4.69) is 11.5 Å². The average molecular weight is 383 g/mol. The number of nitriles is 1. The molecule has 2 aromatic rings. The third-order valence-corrected chi connectivity index (χ3v) is 4.03. The van der Waals surface area contributed by atoms with Crippen molar-refractivity contribution in [2.24, 2.45) is 0 Å². The zero-order chi connectivity index (χ0) is 20.7. The Morgan fingerprint density at radius 3 is 2.71 bits per heavy atom. The SMILES string of the molecule is CCCn1c(C)cc(/C=C(\C#N)C(=O)OCC(=O)NC(=O)c2ccco2)c1C. The van der Waals surface area contributed by atoms with Gasteiger partial charge in [-0.25, -0.2) is 4.79 Å². The van der Waals surface area contributed by atoms with Crippen molar-refractivity contribution in [1.82, 2.24) is 9.88 Å². The van der Waals surface area contributed by atoms with Crippen molar-refractivity contribution >= 4 is 23.9 Å². The minimum atomic E-state index is -0.941. The summed E-state index contributed by atoms with van der Waals surface area (Å²) >= 11 is 0. The molecule has 0 saturated carbocycles. The molecule has 2 rings (SSSR count). The number of furan rings is 1. The van der Waals surface area contributed by atoms with Gasteiger partial charge in [0.1, 0.15) is 11.6 Å². The molecule has 1 N–H and O–H groups in total. The standard InChI is InChI=1S/C20H21N3O5/c1-4-7-23-13(2)9-15(14(23)3)10-16(11-21)20(26)28-12-18(24)22-19(25)17-6-5-8-27-17/h5-6,8-10H,4,7,12H2,1-3H3,(H,22,24,25)/b16-10+. The summed E-state index contributed by atoms with van der Waals surface area (Å²) in [6.45, 7) is 6.06. The number of hydrogen-bond acceptors (Lipinski definition) is 6. The zero-order valence-corrected chi connectivity index (χ0v) is 15.9. The van der Waals surface area contributed by atoms with Gasteiger partial charge in [-0.15, -0.1) is 0 Å². The quantitative estimate of drug-likeness (QED) is 0.446. The number of amides is 2. The number of aryl methyl sites for hydroxylation is 1. The van der Waals surface area contributed by atoms with Gasteiger partial charge >= 0.3 is 5.97 Å². The fraction of sp³-hybridized carbons (Fsp3) is 0.300. The summed E-state index contributed by atoms with van der Waals surface area (Å²) < 4.78 is 11.8.